The van der Waals surface area contributed by atoms with Gasteiger partial charge < -0.3 is 9.47 Å². The van der Waals surface area contributed by atoms with Gasteiger partial charge in [0.15, 0.2) is 0 Å². The molecule has 1 aliphatic carbocycles. The van der Waals surface area contributed by atoms with Gasteiger partial charge in [-0.15, -0.1) is 0 Å². The highest BCUT2D eigenvalue weighted by molar-refractivity contribution is 7.90. The van der Waals surface area contributed by atoms with E-state index in [4.69, 9.17) is 9.47 Å². The lowest BCUT2D eigenvalue weighted by Crippen LogP contribution is -2.43. The fourth-order valence-electron chi connectivity index (χ4n) is 3.14. The van der Waals surface area contributed by atoms with Gasteiger partial charge in [-0.05, 0) is 37.3 Å². The van der Waals surface area contributed by atoms with Gasteiger partial charge in [0.25, 0.3) is 0 Å². The number of hydrogen-bond donors (Lipinski definition) is 0. The molecule has 0 aromatic carbocycles. The molecule has 1 saturated carbocycles. The second-order valence-corrected chi connectivity index (χ2v) is 8.34. The average Bonchev–Trinajstić information content (AvgIpc) is 3.33. The molecule has 1 aliphatic heterocycles. The second kappa shape index (κ2) is 7.25. The Balaban J connectivity index is 1.75. The SMILES string of the molecule is COCCO[C@H]1CCN(S(=O)(=O)C2CC2)[C@H]1Cc1cccnc1. The zero-order valence-corrected chi connectivity index (χ0v) is 14.2. The summed E-state index contributed by atoms with van der Waals surface area (Å²) in [6.07, 6.45) is 6.38. The molecule has 0 amide bonds. The Hall–Kier alpha value is -1.02. The molecule has 2 atom stereocenters. The Morgan fingerprint density at radius 2 is 2.13 bits per heavy atom. The van der Waals surface area contributed by atoms with E-state index in [1.54, 1.807) is 23.8 Å². The zero-order valence-electron chi connectivity index (χ0n) is 13.4. The molecular formula is C16H24N2O4S. The summed E-state index contributed by atoms with van der Waals surface area (Å²) in [5.41, 5.74) is 1.04. The van der Waals surface area contributed by atoms with Crippen LogP contribution in [-0.2, 0) is 25.9 Å². The minimum Gasteiger partial charge on any atom is -0.382 e. The summed E-state index contributed by atoms with van der Waals surface area (Å²) in [6, 6.07) is 3.71. The van der Waals surface area contributed by atoms with E-state index < -0.39 is 10.0 Å². The fourth-order valence-corrected chi connectivity index (χ4v) is 5.20. The number of pyridine rings is 1. The van der Waals surface area contributed by atoms with E-state index in [9.17, 15) is 8.42 Å². The molecule has 2 heterocycles. The van der Waals surface area contributed by atoms with Crippen molar-refractivity contribution in [1.82, 2.24) is 9.29 Å². The van der Waals surface area contributed by atoms with Gasteiger partial charge in [0.2, 0.25) is 10.0 Å². The predicted molar refractivity (Wildman–Crippen MR) is 86.6 cm³/mol. The number of methoxy groups -OCH3 is 1. The Labute approximate surface area is 137 Å². The minimum absolute atomic E-state index is 0.0844. The van der Waals surface area contributed by atoms with Gasteiger partial charge in [-0.2, -0.15) is 4.31 Å². The van der Waals surface area contributed by atoms with Crippen LogP contribution in [0, 0.1) is 0 Å². The van der Waals surface area contributed by atoms with Crippen molar-refractivity contribution >= 4 is 10.0 Å². The molecular weight excluding hydrogens is 316 g/mol. The molecule has 2 aliphatic rings. The molecule has 6 nitrogen and oxygen atoms in total. The van der Waals surface area contributed by atoms with Gasteiger partial charge in [0.05, 0.1) is 30.6 Å². The molecule has 1 saturated heterocycles. The molecule has 128 valence electrons. The summed E-state index contributed by atoms with van der Waals surface area (Å²) in [4.78, 5) is 4.13. The lowest BCUT2D eigenvalue weighted by molar-refractivity contribution is 0.00635. The third-order valence-corrected chi connectivity index (χ3v) is 6.91. The van der Waals surface area contributed by atoms with E-state index in [1.807, 2.05) is 12.1 Å². The largest absolute Gasteiger partial charge is 0.382 e. The summed E-state index contributed by atoms with van der Waals surface area (Å²) in [5, 5.41) is -0.184. The summed E-state index contributed by atoms with van der Waals surface area (Å²) >= 11 is 0. The number of sulfonamides is 1. The van der Waals surface area contributed by atoms with Crippen molar-refractivity contribution in [3.05, 3.63) is 30.1 Å². The quantitative estimate of drug-likeness (QED) is 0.666. The van der Waals surface area contributed by atoms with Crippen molar-refractivity contribution in [1.29, 1.82) is 0 Å². The van der Waals surface area contributed by atoms with Crippen LogP contribution in [0.2, 0.25) is 0 Å². The third-order valence-electron chi connectivity index (χ3n) is 4.49. The van der Waals surface area contributed by atoms with Crippen molar-refractivity contribution in [2.45, 2.75) is 43.1 Å². The van der Waals surface area contributed by atoms with Gasteiger partial charge in [-0.3, -0.25) is 4.98 Å². The van der Waals surface area contributed by atoms with Gasteiger partial charge >= 0.3 is 0 Å². The van der Waals surface area contributed by atoms with Crippen molar-refractivity contribution < 1.29 is 17.9 Å². The Morgan fingerprint density at radius 1 is 1.30 bits per heavy atom. The van der Waals surface area contributed by atoms with Crippen LogP contribution in [0.15, 0.2) is 24.5 Å². The number of rotatable bonds is 8. The molecule has 2 fully saturated rings. The minimum atomic E-state index is -3.20. The fraction of sp³-hybridized carbons (Fsp3) is 0.688. The van der Waals surface area contributed by atoms with Crippen LogP contribution >= 0.6 is 0 Å². The molecule has 0 unspecified atom stereocenters. The monoisotopic (exact) mass is 340 g/mol. The number of nitrogens with zero attached hydrogens (tertiary/aromatic N) is 2. The molecule has 0 spiro atoms. The van der Waals surface area contributed by atoms with Crippen LogP contribution in [0.4, 0.5) is 0 Å². The Bertz CT molecular complexity index is 604. The molecule has 7 heteroatoms. The number of aromatic nitrogens is 1. The molecule has 0 bridgehead atoms. The van der Waals surface area contributed by atoms with Crippen molar-refractivity contribution in [2.24, 2.45) is 0 Å². The van der Waals surface area contributed by atoms with E-state index in [-0.39, 0.29) is 17.4 Å². The van der Waals surface area contributed by atoms with Gasteiger partial charge in [-0.1, -0.05) is 6.07 Å². The van der Waals surface area contributed by atoms with E-state index >= 15 is 0 Å². The van der Waals surface area contributed by atoms with Crippen LogP contribution in [0.5, 0.6) is 0 Å². The lowest BCUT2D eigenvalue weighted by Gasteiger charge is -2.27. The first-order valence-electron chi connectivity index (χ1n) is 8.13. The topological polar surface area (TPSA) is 68.7 Å². The first-order chi connectivity index (χ1) is 11.1. The van der Waals surface area contributed by atoms with E-state index in [2.05, 4.69) is 4.98 Å². The number of hydrogen-bond acceptors (Lipinski definition) is 5. The Morgan fingerprint density at radius 3 is 2.78 bits per heavy atom. The summed E-state index contributed by atoms with van der Waals surface area (Å²) in [7, 11) is -1.56. The van der Waals surface area contributed by atoms with Crippen molar-refractivity contribution in [3.8, 4) is 0 Å². The Kier molecular flexibility index (Phi) is 5.31. The zero-order chi connectivity index (χ0) is 16.3. The van der Waals surface area contributed by atoms with E-state index in [0.29, 0.717) is 26.2 Å². The first kappa shape index (κ1) is 16.8. The van der Waals surface area contributed by atoms with Crippen LogP contribution in [0.1, 0.15) is 24.8 Å². The van der Waals surface area contributed by atoms with E-state index in [1.165, 1.54) is 0 Å². The van der Waals surface area contributed by atoms with Gasteiger partial charge in [0.1, 0.15) is 0 Å². The van der Waals surface area contributed by atoms with Crippen LogP contribution in [0.3, 0.4) is 0 Å². The van der Waals surface area contributed by atoms with E-state index in [0.717, 1.165) is 24.8 Å². The highest BCUT2D eigenvalue weighted by atomic mass is 32.2. The van der Waals surface area contributed by atoms with Gasteiger partial charge in [-0.25, -0.2) is 8.42 Å². The average molecular weight is 340 g/mol. The summed E-state index contributed by atoms with van der Waals surface area (Å²) < 4.78 is 38.0. The third kappa shape index (κ3) is 3.91. The molecule has 1 aromatic heterocycles. The smallest absolute Gasteiger partial charge is 0.217 e. The normalized spacial score (nSPS) is 25.8. The molecule has 3 rings (SSSR count). The maximum atomic E-state index is 12.7. The summed E-state index contributed by atoms with van der Waals surface area (Å²) in [5.74, 6) is 0. The van der Waals surface area contributed by atoms with Gasteiger partial charge in [0, 0.05) is 26.0 Å². The number of ether oxygens (including phenoxy) is 2. The molecule has 0 radical (unpaired) electrons. The maximum Gasteiger partial charge on any atom is 0.217 e. The van der Waals surface area contributed by atoms with Crippen molar-refractivity contribution in [3.63, 3.8) is 0 Å². The highest BCUT2D eigenvalue weighted by Crippen LogP contribution is 2.36. The molecule has 1 aromatic rings. The van der Waals surface area contributed by atoms with Crippen LogP contribution < -0.4 is 0 Å². The highest BCUT2D eigenvalue weighted by Gasteiger charge is 2.47. The maximum absolute atomic E-state index is 12.7. The first-order valence-corrected chi connectivity index (χ1v) is 9.63. The molecule has 0 N–H and O–H groups in total. The standard InChI is InChI=1S/C16H24N2O4S/c1-21-9-10-22-16-6-8-18(23(19,20)14-4-5-14)15(16)11-13-3-2-7-17-12-13/h2-3,7,12,14-16H,4-6,8-11H2,1H3/t15-,16-/m0/s1. The van der Waals surface area contributed by atoms with Crippen molar-refractivity contribution in [2.75, 3.05) is 26.9 Å². The lowest BCUT2D eigenvalue weighted by atomic mass is 10.0. The van der Waals surface area contributed by atoms with Crippen LogP contribution in [-0.4, -0.2) is 62.0 Å². The predicted octanol–water partition coefficient (Wildman–Crippen LogP) is 1.22. The molecule has 23 heavy (non-hydrogen) atoms. The van der Waals surface area contributed by atoms with Crippen LogP contribution in [0.25, 0.3) is 0 Å². The summed E-state index contributed by atoms with van der Waals surface area (Å²) in [6.45, 7) is 1.55. The second-order valence-electron chi connectivity index (χ2n) is 6.18.